The van der Waals surface area contributed by atoms with E-state index in [1.54, 1.807) is 32.9 Å². The number of H-pyrrole nitrogens is 1. The predicted molar refractivity (Wildman–Crippen MR) is 92.2 cm³/mol. The number of aryl methyl sites for hydroxylation is 1. The highest BCUT2D eigenvalue weighted by Crippen LogP contribution is 2.24. The van der Waals surface area contributed by atoms with Gasteiger partial charge in [-0.05, 0) is 51.3 Å². The number of aromatic amines is 1. The van der Waals surface area contributed by atoms with Gasteiger partial charge in [0.25, 0.3) is 6.01 Å². The van der Waals surface area contributed by atoms with E-state index < -0.39 is 17.7 Å². The number of ether oxygens (including phenoxy) is 2. The van der Waals surface area contributed by atoms with E-state index in [-0.39, 0.29) is 5.56 Å². The molecule has 0 aliphatic heterocycles. The number of aromatic carboxylic acids is 1. The maximum absolute atomic E-state index is 11.6. The second kappa shape index (κ2) is 7.42. The van der Waals surface area contributed by atoms with Crippen LogP contribution in [0.15, 0.2) is 12.1 Å². The summed E-state index contributed by atoms with van der Waals surface area (Å²) >= 11 is 0. The molecule has 0 radical (unpaired) electrons. The molecule has 3 N–H and O–H groups in total. The Kier molecular flexibility index (Phi) is 5.51. The molecule has 1 heterocycles. The lowest BCUT2D eigenvalue weighted by atomic mass is 10.0. The molecule has 0 spiro atoms. The average molecular weight is 349 g/mol. The Labute approximate surface area is 145 Å². The molecule has 0 bridgehead atoms. The van der Waals surface area contributed by atoms with Crippen LogP contribution in [-0.2, 0) is 11.2 Å². The molecule has 8 heteroatoms. The molecule has 0 fully saturated rings. The number of alkyl carbamates (subject to hydrolysis) is 1. The van der Waals surface area contributed by atoms with Gasteiger partial charge in [0.1, 0.15) is 5.60 Å². The van der Waals surface area contributed by atoms with Crippen LogP contribution in [0, 0.1) is 0 Å². The summed E-state index contributed by atoms with van der Waals surface area (Å²) in [5, 5.41) is 12.1. The molecule has 0 saturated heterocycles. The summed E-state index contributed by atoms with van der Waals surface area (Å²) in [6.45, 7) is 5.73. The molecule has 0 saturated carbocycles. The summed E-state index contributed by atoms with van der Waals surface area (Å²) in [6.07, 6.45) is 0.502. The number of hydrogen-bond donors (Lipinski definition) is 3. The van der Waals surface area contributed by atoms with Gasteiger partial charge in [-0.1, -0.05) is 0 Å². The standard InChI is InChI=1S/C17H23N3O5/c1-17(2,3)25-16(23)18-9-5-6-10-11(14(21)22)7-8-12-13(10)20-15(19-12)24-4/h7-8H,5-6,9H2,1-4H3,(H,18,23)(H,19,20)(H,21,22). The predicted octanol–water partition coefficient (Wildman–Crippen LogP) is 2.73. The lowest BCUT2D eigenvalue weighted by molar-refractivity contribution is 0.0526. The molecule has 1 aromatic heterocycles. The summed E-state index contributed by atoms with van der Waals surface area (Å²) in [4.78, 5) is 30.4. The van der Waals surface area contributed by atoms with Crippen molar-refractivity contribution in [1.82, 2.24) is 15.3 Å². The lowest BCUT2D eigenvalue weighted by Gasteiger charge is -2.19. The van der Waals surface area contributed by atoms with E-state index in [9.17, 15) is 14.7 Å². The highest BCUT2D eigenvalue weighted by molar-refractivity contribution is 5.95. The third-order valence-electron chi connectivity index (χ3n) is 3.43. The number of amides is 1. The van der Waals surface area contributed by atoms with E-state index in [0.29, 0.717) is 42.0 Å². The van der Waals surface area contributed by atoms with Crippen molar-refractivity contribution >= 4 is 23.1 Å². The maximum Gasteiger partial charge on any atom is 0.407 e. The van der Waals surface area contributed by atoms with Crippen molar-refractivity contribution < 1.29 is 24.2 Å². The number of aromatic nitrogens is 2. The van der Waals surface area contributed by atoms with Gasteiger partial charge in [0.2, 0.25) is 0 Å². The highest BCUT2D eigenvalue weighted by atomic mass is 16.6. The van der Waals surface area contributed by atoms with Gasteiger partial charge in [0.05, 0.1) is 23.7 Å². The number of fused-ring (bicyclic) bond motifs is 1. The molecule has 0 aliphatic rings. The number of nitrogens with zero attached hydrogens (tertiary/aromatic N) is 1. The molecular formula is C17H23N3O5. The van der Waals surface area contributed by atoms with Crippen LogP contribution < -0.4 is 10.1 Å². The molecule has 0 unspecified atom stereocenters. The van der Waals surface area contributed by atoms with E-state index in [0.717, 1.165) is 0 Å². The minimum atomic E-state index is -1.01. The largest absolute Gasteiger partial charge is 0.478 e. The summed E-state index contributed by atoms with van der Waals surface area (Å²) in [5.41, 5.74) is 1.51. The van der Waals surface area contributed by atoms with E-state index in [1.165, 1.54) is 7.11 Å². The van der Waals surface area contributed by atoms with Gasteiger partial charge in [-0.25, -0.2) is 9.59 Å². The summed E-state index contributed by atoms with van der Waals surface area (Å²) in [5.74, 6) is -1.01. The average Bonchev–Trinajstić information content (AvgIpc) is 2.92. The fraction of sp³-hybridized carbons (Fsp3) is 0.471. The number of carbonyl (C=O) groups is 2. The lowest BCUT2D eigenvalue weighted by Crippen LogP contribution is -2.33. The number of imidazole rings is 1. The van der Waals surface area contributed by atoms with E-state index in [2.05, 4.69) is 15.3 Å². The number of nitrogens with one attached hydrogen (secondary N) is 2. The second-order valence-corrected chi connectivity index (χ2v) is 6.57. The van der Waals surface area contributed by atoms with Crippen LogP contribution in [0.2, 0.25) is 0 Å². The van der Waals surface area contributed by atoms with Crippen LogP contribution >= 0.6 is 0 Å². The van der Waals surface area contributed by atoms with E-state index in [1.807, 2.05) is 0 Å². The minimum Gasteiger partial charge on any atom is -0.478 e. The third kappa shape index (κ3) is 4.85. The number of hydrogen-bond acceptors (Lipinski definition) is 5. The van der Waals surface area contributed by atoms with E-state index >= 15 is 0 Å². The van der Waals surface area contributed by atoms with E-state index in [4.69, 9.17) is 9.47 Å². The first-order chi connectivity index (χ1) is 11.7. The van der Waals surface area contributed by atoms with Crippen LogP contribution in [0.3, 0.4) is 0 Å². The van der Waals surface area contributed by atoms with Crippen molar-refractivity contribution in [2.75, 3.05) is 13.7 Å². The first kappa shape index (κ1) is 18.6. The first-order valence-electron chi connectivity index (χ1n) is 7.97. The van der Waals surface area contributed by atoms with Crippen molar-refractivity contribution in [2.45, 2.75) is 39.2 Å². The van der Waals surface area contributed by atoms with Crippen molar-refractivity contribution in [2.24, 2.45) is 0 Å². The summed E-state index contributed by atoms with van der Waals surface area (Å²) in [7, 11) is 1.49. The van der Waals surface area contributed by atoms with Gasteiger partial charge < -0.3 is 24.9 Å². The Morgan fingerprint density at radius 1 is 1.32 bits per heavy atom. The zero-order valence-electron chi connectivity index (χ0n) is 14.8. The molecule has 8 nitrogen and oxygen atoms in total. The van der Waals surface area contributed by atoms with Gasteiger partial charge in [-0.3, -0.25) is 0 Å². The number of benzene rings is 1. The molecule has 2 rings (SSSR count). The smallest absolute Gasteiger partial charge is 0.407 e. The van der Waals surface area contributed by atoms with Gasteiger partial charge in [-0.2, -0.15) is 4.98 Å². The molecule has 0 aliphatic carbocycles. The summed E-state index contributed by atoms with van der Waals surface area (Å²) in [6, 6.07) is 3.53. The molecule has 1 amide bonds. The fourth-order valence-corrected chi connectivity index (χ4v) is 2.43. The van der Waals surface area contributed by atoms with Crippen LogP contribution in [0.4, 0.5) is 4.79 Å². The number of carboxylic acids is 1. The Morgan fingerprint density at radius 2 is 2.04 bits per heavy atom. The second-order valence-electron chi connectivity index (χ2n) is 6.57. The summed E-state index contributed by atoms with van der Waals surface area (Å²) < 4.78 is 10.2. The Hall–Kier alpha value is -2.77. The number of carboxylic acid groups (broad SMARTS) is 1. The maximum atomic E-state index is 11.6. The van der Waals surface area contributed by atoms with Gasteiger partial charge >= 0.3 is 12.1 Å². The number of methoxy groups -OCH3 is 1. The first-order valence-corrected chi connectivity index (χ1v) is 7.97. The molecule has 1 aromatic carbocycles. The highest BCUT2D eigenvalue weighted by Gasteiger charge is 2.18. The van der Waals surface area contributed by atoms with Gasteiger partial charge in [0.15, 0.2) is 0 Å². The molecule has 2 aromatic rings. The van der Waals surface area contributed by atoms with Gasteiger partial charge in [0, 0.05) is 6.54 Å². The topological polar surface area (TPSA) is 114 Å². The Morgan fingerprint density at radius 3 is 2.64 bits per heavy atom. The third-order valence-corrected chi connectivity index (χ3v) is 3.43. The molecule has 136 valence electrons. The van der Waals surface area contributed by atoms with Crippen LogP contribution in [-0.4, -0.2) is 46.4 Å². The number of carbonyl (C=O) groups excluding carboxylic acids is 1. The zero-order valence-corrected chi connectivity index (χ0v) is 14.8. The van der Waals surface area contributed by atoms with Crippen molar-refractivity contribution in [1.29, 1.82) is 0 Å². The monoisotopic (exact) mass is 349 g/mol. The van der Waals surface area contributed by atoms with Crippen molar-refractivity contribution in [3.63, 3.8) is 0 Å². The van der Waals surface area contributed by atoms with Crippen LogP contribution in [0.1, 0.15) is 43.1 Å². The van der Waals surface area contributed by atoms with Crippen molar-refractivity contribution in [3.8, 4) is 6.01 Å². The quantitative estimate of drug-likeness (QED) is 0.691. The fourth-order valence-electron chi connectivity index (χ4n) is 2.43. The number of rotatable bonds is 6. The Bertz CT molecular complexity index is 776. The SMILES string of the molecule is COc1nc2c(CCCNC(=O)OC(C)(C)C)c(C(=O)O)ccc2[nH]1. The van der Waals surface area contributed by atoms with Gasteiger partial charge in [-0.15, -0.1) is 0 Å². The van der Waals surface area contributed by atoms with Crippen LogP contribution in [0.5, 0.6) is 6.01 Å². The molecule has 25 heavy (non-hydrogen) atoms. The minimum absolute atomic E-state index is 0.193. The van der Waals surface area contributed by atoms with Crippen LogP contribution in [0.25, 0.3) is 11.0 Å². The molecule has 0 atom stereocenters. The Balaban J connectivity index is 2.08. The van der Waals surface area contributed by atoms with Crippen molar-refractivity contribution in [3.05, 3.63) is 23.3 Å². The zero-order chi connectivity index (χ0) is 18.6. The molecular weight excluding hydrogens is 326 g/mol. The normalized spacial score (nSPS) is 11.4.